The number of hydrogen-bond acceptors (Lipinski definition) is 6. The highest BCUT2D eigenvalue weighted by molar-refractivity contribution is 7.10. The Bertz CT molecular complexity index is 1190. The van der Waals surface area contributed by atoms with Gasteiger partial charge in [-0.3, -0.25) is 10.1 Å². The molecule has 0 fully saturated rings. The molecule has 2 aromatic heterocycles. The highest BCUT2D eigenvalue weighted by atomic mass is 32.1. The molecule has 8 heteroatoms. The molecule has 0 spiro atoms. The summed E-state index contributed by atoms with van der Waals surface area (Å²) >= 11 is 1.65. The second kappa shape index (κ2) is 9.09. The summed E-state index contributed by atoms with van der Waals surface area (Å²) < 4.78 is 5.27. The van der Waals surface area contributed by atoms with E-state index in [4.69, 9.17) is 9.72 Å². The Morgan fingerprint density at radius 1 is 1.16 bits per heavy atom. The van der Waals surface area contributed by atoms with Crippen molar-refractivity contribution in [3.8, 4) is 0 Å². The number of amides is 3. The summed E-state index contributed by atoms with van der Waals surface area (Å²) in [5.41, 5.74) is 3.83. The van der Waals surface area contributed by atoms with Crippen molar-refractivity contribution in [2.24, 2.45) is 0 Å². The summed E-state index contributed by atoms with van der Waals surface area (Å²) in [5, 5.41) is 7.28. The van der Waals surface area contributed by atoms with Gasteiger partial charge in [0.05, 0.1) is 16.8 Å². The number of carbonyl (C=O) groups is 3. The maximum absolute atomic E-state index is 13.0. The van der Waals surface area contributed by atoms with Crippen molar-refractivity contribution in [3.05, 3.63) is 63.5 Å². The standard InChI is InChI=1S/C23H21N3O4S/c1-2-24-23(29)26-19(27)13-30-22(28)20-16-7-3-4-8-18(16)25-21-14(9-10-17(20)21)12-15-6-5-11-31-15/h3-8,11-12H,2,9-10,13H2,1H3,(H2,24,26,27,29). The molecule has 3 amide bonds. The van der Waals surface area contributed by atoms with E-state index < -0.39 is 24.5 Å². The molecule has 0 bridgehead atoms. The number of hydrogen-bond donors (Lipinski definition) is 2. The molecular weight excluding hydrogens is 414 g/mol. The summed E-state index contributed by atoms with van der Waals surface area (Å²) in [7, 11) is 0. The highest BCUT2D eigenvalue weighted by Crippen LogP contribution is 2.38. The van der Waals surface area contributed by atoms with Crippen LogP contribution in [-0.4, -0.2) is 36.0 Å². The Morgan fingerprint density at radius 3 is 2.77 bits per heavy atom. The van der Waals surface area contributed by atoms with Crippen LogP contribution in [0.25, 0.3) is 22.6 Å². The summed E-state index contributed by atoms with van der Waals surface area (Å²) in [6, 6.07) is 10.8. The molecule has 0 saturated heterocycles. The van der Waals surface area contributed by atoms with E-state index in [2.05, 4.69) is 16.7 Å². The number of thiophene rings is 1. The van der Waals surface area contributed by atoms with Crippen LogP contribution in [0.2, 0.25) is 0 Å². The van der Waals surface area contributed by atoms with E-state index >= 15 is 0 Å². The number of rotatable bonds is 5. The topological polar surface area (TPSA) is 97.4 Å². The predicted molar refractivity (Wildman–Crippen MR) is 120 cm³/mol. The first kappa shape index (κ1) is 20.7. The van der Waals surface area contributed by atoms with Gasteiger partial charge in [0.2, 0.25) is 0 Å². The van der Waals surface area contributed by atoms with Crippen LogP contribution in [0.5, 0.6) is 0 Å². The van der Waals surface area contributed by atoms with Gasteiger partial charge in [-0.05, 0) is 54.5 Å². The minimum atomic E-state index is -0.687. The zero-order valence-electron chi connectivity index (χ0n) is 16.9. The minimum Gasteiger partial charge on any atom is -0.452 e. The van der Waals surface area contributed by atoms with E-state index in [-0.39, 0.29) is 0 Å². The van der Waals surface area contributed by atoms with Gasteiger partial charge in [0.25, 0.3) is 5.91 Å². The second-order valence-electron chi connectivity index (χ2n) is 7.00. The van der Waals surface area contributed by atoms with Gasteiger partial charge in [0, 0.05) is 16.8 Å². The lowest BCUT2D eigenvalue weighted by atomic mass is 10.0. The lowest BCUT2D eigenvalue weighted by Gasteiger charge is -2.12. The van der Waals surface area contributed by atoms with Gasteiger partial charge < -0.3 is 10.1 Å². The Hall–Kier alpha value is -3.52. The van der Waals surface area contributed by atoms with Crippen molar-refractivity contribution in [2.75, 3.05) is 13.2 Å². The van der Waals surface area contributed by atoms with Crippen LogP contribution in [-0.2, 0) is 16.0 Å². The number of nitrogens with one attached hydrogen (secondary N) is 2. The van der Waals surface area contributed by atoms with Gasteiger partial charge in [0.1, 0.15) is 0 Å². The maximum Gasteiger partial charge on any atom is 0.339 e. The van der Waals surface area contributed by atoms with Crippen LogP contribution < -0.4 is 10.6 Å². The van der Waals surface area contributed by atoms with Crippen molar-refractivity contribution >= 4 is 51.8 Å². The number of para-hydroxylation sites is 1. The number of benzene rings is 1. The number of imide groups is 1. The molecule has 1 aliphatic carbocycles. The van der Waals surface area contributed by atoms with Gasteiger partial charge in [-0.1, -0.05) is 24.3 Å². The molecule has 2 heterocycles. The minimum absolute atomic E-state index is 0.384. The molecule has 1 aliphatic rings. The highest BCUT2D eigenvalue weighted by Gasteiger charge is 2.28. The smallest absolute Gasteiger partial charge is 0.339 e. The van der Waals surface area contributed by atoms with Crippen LogP contribution in [0.4, 0.5) is 4.79 Å². The number of aromatic nitrogens is 1. The first-order valence-electron chi connectivity index (χ1n) is 9.97. The second-order valence-corrected chi connectivity index (χ2v) is 7.98. The molecule has 0 atom stereocenters. The first-order chi connectivity index (χ1) is 15.1. The van der Waals surface area contributed by atoms with E-state index in [1.165, 1.54) is 0 Å². The number of esters is 1. The summed E-state index contributed by atoms with van der Waals surface area (Å²) in [6.07, 6.45) is 3.54. The molecule has 0 unspecified atom stereocenters. The summed E-state index contributed by atoms with van der Waals surface area (Å²) in [5.74, 6) is -1.29. The van der Waals surface area contributed by atoms with Crippen LogP contribution in [0.15, 0.2) is 41.8 Å². The third kappa shape index (κ3) is 4.49. The Kier molecular flexibility index (Phi) is 6.08. The molecule has 1 aromatic carbocycles. The molecule has 3 aromatic rings. The molecule has 0 aliphatic heterocycles. The largest absolute Gasteiger partial charge is 0.452 e. The monoisotopic (exact) mass is 435 g/mol. The van der Waals surface area contributed by atoms with E-state index in [1.54, 1.807) is 18.3 Å². The molecular formula is C23H21N3O4S. The molecule has 7 nitrogen and oxygen atoms in total. The number of fused-ring (bicyclic) bond motifs is 2. The maximum atomic E-state index is 13.0. The number of allylic oxidation sites excluding steroid dienone is 1. The zero-order valence-corrected chi connectivity index (χ0v) is 17.8. The predicted octanol–water partition coefficient (Wildman–Crippen LogP) is 3.79. The lowest BCUT2D eigenvalue weighted by molar-refractivity contribution is -0.123. The van der Waals surface area contributed by atoms with Gasteiger partial charge in [-0.25, -0.2) is 14.6 Å². The Balaban J connectivity index is 1.64. The lowest BCUT2D eigenvalue weighted by Crippen LogP contribution is -2.41. The molecule has 4 rings (SSSR count). The molecule has 31 heavy (non-hydrogen) atoms. The van der Waals surface area contributed by atoms with Gasteiger partial charge >= 0.3 is 12.0 Å². The van der Waals surface area contributed by atoms with Crippen LogP contribution in [0.1, 0.15) is 39.8 Å². The van der Waals surface area contributed by atoms with E-state index in [0.717, 1.165) is 28.1 Å². The number of pyridine rings is 1. The Morgan fingerprint density at radius 2 is 2.00 bits per heavy atom. The van der Waals surface area contributed by atoms with Gasteiger partial charge in [-0.2, -0.15) is 0 Å². The number of carbonyl (C=O) groups excluding carboxylic acids is 3. The van der Waals surface area contributed by atoms with Crippen molar-refractivity contribution < 1.29 is 19.1 Å². The normalized spacial score (nSPS) is 13.8. The molecule has 2 N–H and O–H groups in total. The molecule has 0 radical (unpaired) electrons. The van der Waals surface area contributed by atoms with E-state index in [0.29, 0.717) is 29.4 Å². The third-order valence-corrected chi connectivity index (χ3v) is 5.75. The van der Waals surface area contributed by atoms with E-state index in [1.807, 2.05) is 41.8 Å². The average Bonchev–Trinajstić information content (AvgIpc) is 3.41. The SMILES string of the molecule is CCNC(=O)NC(=O)COC(=O)c1c2c(nc3ccccc13)C(=Cc1cccs1)CC2. The van der Waals surface area contributed by atoms with Crippen LogP contribution in [0.3, 0.4) is 0 Å². The Labute approximate surface area is 183 Å². The fraction of sp³-hybridized carbons (Fsp3) is 0.217. The van der Waals surface area contributed by atoms with Crippen molar-refractivity contribution in [1.29, 1.82) is 0 Å². The van der Waals surface area contributed by atoms with E-state index in [9.17, 15) is 14.4 Å². The summed E-state index contributed by atoms with van der Waals surface area (Å²) in [4.78, 5) is 42.3. The third-order valence-electron chi connectivity index (χ3n) is 4.93. The van der Waals surface area contributed by atoms with Gasteiger partial charge in [-0.15, -0.1) is 11.3 Å². The molecule has 0 saturated carbocycles. The number of nitrogens with zero attached hydrogens (tertiary/aromatic N) is 1. The van der Waals surface area contributed by atoms with Gasteiger partial charge in [0.15, 0.2) is 6.61 Å². The number of ether oxygens (including phenoxy) is 1. The number of urea groups is 1. The zero-order chi connectivity index (χ0) is 21.8. The summed E-state index contributed by atoms with van der Waals surface area (Å²) in [6.45, 7) is 1.58. The fourth-order valence-corrected chi connectivity index (χ4v) is 4.31. The van der Waals surface area contributed by atoms with Crippen molar-refractivity contribution in [1.82, 2.24) is 15.6 Å². The van der Waals surface area contributed by atoms with Crippen molar-refractivity contribution in [2.45, 2.75) is 19.8 Å². The van der Waals surface area contributed by atoms with Crippen molar-refractivity contribution in [3.63, 3.8) is 0 Å². The quantitative estimate of drug-likeness (QED) is 0.595. The average molecular weight is 436 g/mol. The first-order valence-corrected chi connectivity index (χ1v) is 10.9. The fourth-order valence-electron chi connectivity index (χ4n) is 3.63. The van der Waals surface area contributed by atoms with Crippen LogP contribution >= 0.6 is 11.3 Å². The van der Waals surface area contributed by atoms with Crippen LogP contribution in [0, 0.1) is 0 Å². The molecule has 158 valence electrons.